The summed E-state index contributed by atoms with van der Waals surface area (Å²) < 4.78 is 14.4. The molecule has 1 aromatic heterocycles. The first-order valence-electron chi connectivity index (χ1n) is 14.7. The quantitative estimate of drug-likeness (QED) is 0.197. The van der Waals surface area contributed by atoms with Crippen molar-refractivity contribution in [3.8, 4) is 5.75 Å². The van der Waals surface area contributed by atoms with Gasteiger partial charge in [-0.05, 0) is 55.4 Å². The first kappa shape index (κ1) is 30.6. The third kappa shape index (κ3) is 6.88. The lowest BCUT2D eigenvalue weighted by molar-refractivity contribution is -0.0247. The van der Waals surface area contributed by atoms with E-state index in [1.54, 1.807) is 23.9 Å². The number of amides is 1. The maximum Gasteiger partial charge on any atom is 0.255 e. The molecule has 0 spiro atoms. The van der Waals surface area contributed by atoms with Crippen LogP contribution < -0.4 is 10.1 Å². The number of nitrogens with one attached hydrogen (secondary N) is 1. The number of nitrogens with zero attached hydrogens (tertiary/aromatic N) is 3. The topological polar surface area (TPSA) is 119 Å². The smallest absolute Gasteiger partial charge is 0.255 e. The van der Waals surface area contributed by atoms with Crippen LogP contribution in [0.4, 0.5) is 5.69 Å². The first-order chi connectivity index (χ1) is 20.7. The van der Waals surface area contributed by atoms with Crippen LogP contribution in [0.25, 0.3) is 0 Å². The average Bonchev–Trinajstić information content (AvgIpc) is 3.47. The number of aliphatic hydroxyl groups is 1. The van der Waals surface area contributed by atoms with Crippen LogP contribution in [0.1, 0.15) is 52.5 Å². The van der Waals surface area contributed by atoms with Crippen LogP contribution in [-0.4, -0.2) is 58.9 Å². The molecule has 2 heterocycles. The summed E-state index contributed by atoms with van der Waals surface area (Å²) in [6.45, 7) is 6.45. The van der Waals surface area contributed by atoms with Gasteiger partial charge in [0.05, 0.1) is 24.3 Å². The van der Waals surface area contributed by atoms with Crippen molar-refractivity contribution in [2.45, 2.75) is 56.7 Å². The zero-order valence-corrected chi connectivity index (χ0v) is 26.1. The number of fused-ring (bicyclic) bond motifs is 1. The van der Waals surface area contributed by atoms with Crippen LogP contribution >= 0.6 is 0 Å². The molecule has 0 aliphatic carbocycles. The van der Waals surface area contributed by atoms with E-state index in [2.05, 4.69) is 22.6 Å². The van der Waals surface area contributed by atoms with Gasteiger partial charge in [0, 0.05) is 48.1 Å². The average molecular weight is 601 g/mol. The number of benzene rings is 3. The highest BCUT2D eigenvalue weighted by Crippen LogP contribution is 2.47. The van der Waals surface area contributed by atoms with Gasteiger partial charge in [-0.1, -0.05) is 60.7 Å². The van der Waals surface area contributed by atoms with E-state index in [0.29, 0.717) is 35.7 Å². The third-order valence-corrected chi connectivity index (χ3v) is 10.8. The monoisotopic (exact) mass is 600 g/mol. The number of anilines is 1. The SMILES string of the molecule is CO[C@H]1c2cc(NC(=O)c3ccccc3)ccc2O[C@@H](C(CCn2cc(C(CO)c3ccccc3)nn2)[Si](C)(C)O)[C@@H]1C. The molecule has 1 amide bonds. The fraction of sp³-hybridized carbons (Fsp3) is 0.364. The summed E-state index contributed by atoms with van der Waals surface area (Å²) in [5.74, 6) is 0.185. The minimum Gasteiger partial charge on any atom is -0.490 e. The highest BCUT2D eigenvalue weighted by Gasteiger charge is 2.46. The van der Waals surface area contributed by atoms with Gasteiger partial charge in [-0.15, -0.1) is 5.10 Å². The highest BCUT2D eigenvalue weighted by atomic mass is 28.4. The summed E-state index contributed by atoms with van der Waals surface area (Å²) >= 11 is 0. The van der Waals surface area contributed by atoms with Crippen LogP contribution in [0.3, 0.4) is 0 Å². The van der Waals surface area contributed by atoms with Crippen LogP contribution in [0.5, 0.6) is 5.75 Å². The van der Waals surface area contributed by atoms with E-state index in [1.807, 2.05) is 86.0 Å². The summed E-state index contributed by atoms with van der Waals surface area (Å²) in [5, 5.41) is 21.7. The molecule has 0 saturated carbocycles. The standard InChI is InChI=1S/C33H40N4O5Si/c1-22-31(41-2)26-19-25(34-33(39)24-13-9-6-10-14-24)15-16-29(26)42-32(22)30(43(3,4)40)17-18-37-20-28(35-36-37)27(21-38)23-11-7-5-8-12-23/h5-16,19-20,22,27,30-32,38,40H,17-18,21H2,1-4H3,(H,34,39)/t22-,27?,30?,31-,32-/m1/s1. The Kier molecular flexibility index (Phi) is 9.41. The van der Waals surface area contributed by atoms with E-state index in [-0.39, 0.29) is 42.1 Å². The number of aromatic nitrogens is 3. The number of carbonyl (C=O) groups is 1. The second-order valence-electron chi connectivity index (χ2n) is 11.8. The number of hydrogen-bond donors (Lipinski definition) is 3. The molecule has 1 aliphatic rings. The van der Waals surface area contributed by atoms with Crippen molar-refractivity contribution >= 4 is 19.9 Å². The highest BCUT2D eigenvalue weighted by molar-refractivity contribution is 6.71. The molecular formula is C33H40N4O5Si. The molecule has 43 heavy (non-hydrogen) atoms. The summed E-state index contributed by atoms with van der Waals surface area (Å²) in [7, 11) is -1.04. The van der Waals surface area contributed by atoms with E-state index >= 15 is 0 Å². The molecule has 3 N–H and O–H groups in total. The molecule has 0 bridgehead atoms. The minimum absolute atomic E-state index is 0.0647. The number of ether oxygens (including phenoxy) is 2. The van der Waals surface area contributed by atoms with E-state index in [0.717, 1.165) is 11.1 Å². The van der Waals surface area contributed by atoms with Gasteiger partial charge in [0.25, 0.3) is 5.91 Å². The molecule has 2 unspecified atom stereocenters. The number of methoxy groups -OCH3 is 1. The largest absolute Gasteiger partial charge is 0.490 e. The van der Waals surface area contributed by atoms with Crippen LogP contribution in [0.2, 0.25) is 18.6 Å². The lowest BCUT2D eigenvalue weighted by Crippen LogP contribution is -2.48. The van der Waals surface area contributed by atoms with E-state index < -0.39 is 8.32 Å². The number of carbonyl (C=O) groups excluding carboxylic acids is 1. The zero-order chi connectivity index (χ0) is 30.6. The molecule has 0 fully saturated rings. The van der Waals surface area contributed by atoms with Crippen LogP contribution in [0, 0.1) is 5.92 Å². The Balaban J connectivity index is 1.33. The Morgan fingerprint density at radius 1 is 1.09 bits per heavy atom. The van der Waals surface area contributed by atoms with Crippen molar-refractivity contribution in [2.75, 3.05) is 19.0 Å². The fourth-order valence-electron chi connectivity index (χ4n) is 6.08. The Labute approximate surface area is 253 Å². The number of rotatable bonds is 11. The van der Waals surface area contributed by atoms with Crippen molar-refractivity contribution in [2.24, 2.45) is 5.92 Å². The Hall–Kier alpha value is -3.83. The normalized spacial score (nSPS) is 19.6. The Morgan fingerprint density at radius 2 is 1.79 bits per heavy atom. The predicted octanol–water partition coefficient (Wildman–Crippen LogP) is 5.40. The summed E-state index contributed by atoms with van der Waals surface area (Å²) in [4.78, 5) is 24.2. The molecule has 0 radical (unpaired) electrons. The molecule has 5 atom stereocenters. The van der Waals surface area contributed by atoms with E-state index in [9.17, 15) is 14.7 Å². The van der Waals surface area contributed by atoms with Crippen molar-refractivity contribution in [3.63, 3.8) is 0 Å². The lowest BCUT2D eigenvalue weighted by Gasteiger charge is -2.43. The van der Waals surface area contributed by atoms with Crippen LogP contribution in [0.15, 0.2) is 85.1 Å². The van der Waals surface area contributed by atoms with Gasteiger partial charge in [0.2, 0.25) is 0 Å². The van der Waals surface area contributed by atoms with Gasteiger partial charge in [0.15, 0.2) is 8.32 Å². The summed E-state index contributed by atoms with van der Waals surface area (Å²) in [6, 6.07) is 24.5. The molecule has 5 rings (SSSR count). The minimum atomic E-state index is -2.72. The number of aryl methyl sites for hydroxylation is 1. The summed E-state index contributed by atoms with van der Waals surface area (Å²) in [5.41, 5.74) is 3.67. The van der Waals surface area contributed by atoms with Crippen molar-refractivity contribution in [1.29, 1.82) is 0 Å². The van der Waals surface area contributed by atoms with Gasteiger partial charge in [-0.2, -0.15) is 0 Å². The third-order valence-electron chi connectivity index (χ3n) is 8.39. The second kappa shape index (κ2) is 13.2. The number of aliphatic hydroxyl groups excluding tert-OH is 1. The first-order valence-corrected chi connectivity index (χ1v) is 17.7. The van der Waals surface area contributed by atoms with E-state index in [1.165, 1.54) is 0 Å². The Morgan fingerprint density at radius 3 is 2.44 bits per heavy atom. The molecule has 1 aliphatic heterocycles. The molecule has 4 aromatic rings. The molecular weight excluding hydrogens is 560 g/mol. The predicted molar refractivity (Wildman–Crippen MR) is 168 cm³/mol. The molecule has 226 valence electrons. The molecule has 0 saturated heterocycles. The zero-order valence-electron chi connectivity index (χ0n) is 25.1. The lowest BCUT2D eigenvalue weighted by atomic mass is 9.86. The fourth-order valence-corrected chi connectivity index (χ4v) is 8.09. The summed E-state index contributed by atoms with van der Waals surface area (Å²) in [6.07, 6.45) is 1.95. The molecule has 9 nitrogen and oxygen atoms in total. The maximum absolute atomic E-state index is 12.7. The molecule has 10 heteroatoms. The van der Waals surface area contributed by atoms with Crippen molar-refractivity contribution in [1.82, 2.24) is 15.0 Å². The van der Waals surface area contributed by atoms with E-state index in [4.69, 9.17) is 9.47 Å². The van der Waals surface area contributed by atoms with Gasteiger partial charge < -0.3 is 24.7 Å². The van der Waals surface area contributed by atoms with Gasteiger partial charge >= 0.3 is 0 Å². The van der Waals surface area contributed by atoms with Gasteiger partial charge in [-0.25, -0.2) is 0 Å². The van der Waals surface area contributed by atoms with Crippen molar-refractivity contribution < 1.29 is 24.2 Å². The van der Waals surface area contributed by atoms with Gasteiger partial charge in [0.1, 0.15) is 11.9 Å². The van der Waals surface area contributed by atoms with Gasteiger partial charge in [-0.3, -0.25) is 9.48 Å². The van der Waals surface area contributed by atoms with Crippen molar-refractivity contribution in [3.05, 3.63) is 107 Å². The Bertz CT molecular complexity index is 1510. The number of hydrogen-bond acceptors (Lipinski definition) is 7. The molecule has 3 aromatic carbocycles. The van der Waals surface area contributed by atoms with Crippen LogP contribution in [-0.2, 0) is 11.3 Å². The maximum atomic E-state index is 12.7. The second-order valence-corrected chi connectivity index (χ2v) is 15.8.